The van der Waals surface area contributed by atoms with Crippen molar-refractivity contribution in [3.63, 3.8) is 0 Å². The number of nitro groups is 1. The van der Waals surface area contributed by atoms with Gasteiger partial charge in [-0.15, -0.1) is 4.73 Å². The van der Waals surface area contributed by atoms with Crippen molar-refractivity contribution >= 4 is 28.2 Å². The van der Waals surface area contributed by atoms with Crippen molar-refractivity contribution in [3.8, 4) is 5.75 Å². The van der Waals surface area contributed by atoms with Gasteiger partial charge in [0.15, 0.2) is 0 Å². The van der Waals surface area contributed by atoms with Gasteiger partial charge in [0.25, 0.3) is 11.2 Å². The van der Waals surface area contributed by atoms with Crippen LogP contribution in [0.3, 0.4) is 0 Å². The molecular weight excluding hydrogens is 316 g/mol. The van der Waals surface area contributed by atoms with E-state index in [0.29, 0.717) is 16.2 Å². The number of ether oxygens (including phenoxy) is 1. The molecule has 0 atom stereocenters. The number of nitrogens with one attached hydrogen (secondary N) is 1. The average Bonchev–Trinajstić information content (AvgIpc) is 2.59. The standard InChI is InChI=1S/C15H12N4O5/c1-24-11-4-2-3-9(7-11)16-15-17-13-6-5-10(19(22)23)8-12(13)14(20)18(15)21/h2-8,21H,1H3,(H,16,17). The van der Waals surface area contributed by atoms with Gasteiger partial charge in [0.1, 0.15) is 5.75 Å². The number of aromatic nitrogens is 2. The second kappa shape index (κ2) is 5.88. The number of hydrogen-bond donors (Lipinski definition) is 2. The van der Waals surface area contributed by atoms with Gasteiger partial charge in [0.05, 0.1) is 22.9 Å². The molecule has 0 bridgehead atoms. The maximum atomic E-state index is 12.2. The number of rotatable bonds is 4. The highest BCUT2D eigenvalue weighted by atomic mass is 16.6. The van der Waals surface area contributed by atoms with Crippen LogP contribution in [0.1, 0.15) is 0 Å². The molecule has 1 aromatic heterocycles. The van der Waals surface area contributed by atoms with Crippen LogP contribution < -0.4 is 15.6 Å². The third-order valence-corrected chi connectivity index (χ3v) is 3.37. The Balaban J connectivity index is 2.09. The highest BCUT2D eigenvalue weighted by Crippen LogP contribution is 2.22. The number of non-ortho nitro benzene ring substituents is 1. The van der Waals surface area contributed by atoms with Crippen molar-refractivity contribution in [2.24, 2.45) is 0 Å². The Morgan fingerprint density at radius 3 is 2.79 bits per heavy atom. The van der Waals surface area contributed by atoms with E-state index in [2.05, 4.69) is 10.3 Å². The van der Waals surface area contributed by atoms with Gasteiger partial charge in [0, 0.05) is 23.9 Å². The molecule has 2 aromatic carbocycles. The molecule has 0 amide bonds. The molecule has 3 aromatic rings. The lowest BCUT2D eigenvalue weighted by atomic mass is 10.2. The Morgan fingerprint density at radius 1 is 1.29 bits per heavy atom. The molecule has 9 heteroatoms. The predicted octanol–water partition coefficient (Wildman–Crippen LogP) is 2.29. The molecule has 0 unspecified atom stereocenters. The fraction of sp³-hybridized carbons (Fsp3) is 0.0667. The average molecular weight is 328 g/mol. The van der Waals surface area contributed by atoms with E-state index in [0.717, 1.165) is 6.07 Å². The second-order valence-corrected chi connectivity index (χ2v) is 4.87. The summed E-state index contributed by atoms with van der Waals surface area (Å²) >= 11 is 0. The SMILES string of the molecule is COc1cccc(Nc2nc3ccc([N+](=O)[O-])cc3c(=O)n2O)c1. The summed E-state index contributed by atoms with van der Waals surface area (Å²) in [5.74, 6) is 0.470. The molecule has 3 rings (SSSR count). The third kappa shape index (κ3) is 2.70. The lowest BCUT2D eigenvalue weighted by molar-refractivity contribution is -0.384. The first-order valence-corrected chi connectivity index (χ1v) is 6.81. The molecule has 0 fully saturated rings. The van der Waals surface area contributed by atoms with Gasteiger partial charge >= 0.3 is 0 Å². The summed E-state index contributed by atoms with van der Waals surface area (Å²) in [7, 11) is 1.52. The van der Waals surface area contributed by atoms with Gasteiger partial charge in [-0.3, -0.25) is 14.9 Å². The molecule has 0 radical (unpaired) electrons. The molecule has 24 heavy (non-hydrogen) atoms. The number of fused-ring (bicyclic) bond motifs is 1. The zero-order chi connectivity index (χ0) is 17.3. The minimum Gasteiger partial charge on any atom is -0.497 e. The zero-order valence-corrected chi connectivity index (χ0v) is 12.5. The Bertz CT molecular complexity index is 999. The maximum Gasteiger partial charge on any atom is 0.295 e. The lowest BCUT2D eigenvalue weighted by Gasteiger charge is -2.10. The van der Waals surface area contributed by atoms with E-state index in [-0.39, 0.29) is 22.5 Å². The van der Waals surface area contributed by atoms with Crippen LogP contribution in [0.4, 0.5) is 17.3 Å². The van der Waals surface area contributed by atoms with E-state index in [1.54, 1.807) is 24.3 Å². The Labute approximate surface area is 134 Å². The monoisotopic (exact) mass is 328 g/mol. The number of methoxy groups -OCH3 is 1. The van der Waals surface area contributed by atoms with E-state index in [4.69, 9.17) is 4.74 Å². The molecule has 0 saturated heterocycles. The van der Waals surface area contributed by atoms with Gasteiger partial charge in [-0.1, -0.05) is 6.07 Å². The minimum atomic E-state index is -0.811. The first-order chi connectivity index (χ1) is 11.5. The summed E-state index contributed by atoms with van der Waals surface area (Å²) < 4.78 is 5.41. The van der Waals surface area contributed by atoms with Gasteiger partial charge in [-0.25, -0.2) is 4.98 Å². The Hall–Kier alpha value is -3.62. The zero-order valence-electron chi connectivity index (χ0n) is 12.5. The van der Waals surface area contributed by atoms with Crippen LogP contribution >= 0.6 is 0 Å². The minimum absolute atomic E-state index is 0.0529. The summed E-state index contributed by atoms with van der Waals surface area (Å²) in [6.45, 7) is 0. The summed E-state index contributed by atoms with van der Waals surface area (Å²) in [5, 5.41) is 23.5. The Morgan fingerprint density at radius 2 is 2.08 bits per heavy atom. The molecule has 0 spiro atoms. The maximum absolute atomic E-state index is 12.2. The van der Waals surface area contributed by atoms with Gasteiger partial charge < -0.3 is 15.3 Å². The van der Waals surface area contributed by atoms with Gasteiger partial charge in [0.2, 0.25) is 5.95 Å². The molecular formula is C15H12N4O5. The van der Waals surface area contributed by atoms with Crippen molar-refractivity contribution in [1.29, 1.82) is 0 Å². The number of benzene rings is 2. The normalized spacial score (nSPS) is 10.5. The van der Waals surface area contributed by atoms with E-state index in [1.165, 1.54) is 19.2 Å². The number of hydrogen-bond acceptors (Lipinski definition) is 7. The Kier molecular flexibility index (Phi) is 3.74. The largest absolute Gasteiger partial charge is 0.497 e. The predicted molar refractivity (Wildman–Crippen MR) is 86.1 cm³/mol. The quantitative estimate of drug-likeness (QED) is 0.428. The highest BCUT2D eigenvalue weighted by molar-refractivity contribution is 5.81. The molecule has 0 aliphatic rings. The van der Waals surface area contributed by atoms with Crippen molar-refractivity contribution < 1.29 is 14.9 Å². The highest BCUT2D eigenvalue weighted by Gasteiger charge is 2.14. The van der Waals surface area contributed by atoms with Crippen LogP contribution in [0.2, 0.25) is 0 Å². The van der Waals surface area contributed by atoms with E-state index in [9.17, 15) is 20.1 Å². The van der Waals surface area contributed by atoms with Crippen LogP contribution in [-0.2, 0) is 0 Å². The van der Waals surface area contributed by atoms with E-state index >= 15 is 0 Å². The number of nitro benzene ring substituents is 1. The van der Waals surface area contributed by atoms with Crippen LogP contribution in [0, 0.1) is 10.1 Å². The fourth-order valence-electron chi connectivity index (χ4n) is 2.19. The molecule has 122 valence electrons. The molecule has 0 saturated carbocycles. The lowest BCUT2D eigenvalue weighted by Crippen LogP contribution is -2.22. The van der Waals surface area contributed by atoms with Crippen molar-refractivity contribution in [2.45, 2.75) is 0 Å². The second-order valence-electron chi connectivity index (χ2n) is 4.87. The first-order valence-electron chi connectivity index (χ1n) is 6.81. The summed E-state index contributed by atoms with van der Waals surface area (Å²) in [6.07, 6.45) is 0. The van der Waals surface area contributed by atoms with Crippen molar-refractivity contribution in [1.82, 2.24) is 9.71 Å². The molecule has 0 aliphatic carbocycles. The topological polar surface area (TPSA) is 120 Å². The van der Waals surface area contributed by atoms with Crippen LogP contribution in [0.25, 0.3) is 10.9 Å². The van der Waals surface area contributed by atoms with Gasteiger partial charge in [-0.2, -0.15) is 0 Å². The van der Waals surface area contributed by atoms with Crippen LogP contribution in [0.5, 0.6) is 5.75 Å². The van der Waals surface area contributed by atoms with E-state index < -0.39 is 10.5 Å². The van der Waals surface area contributed by atoms with E-state index in [1.807, 2.05) is 0 Å². The van der Waals surface area contributed by atoms with Gasteiger partial charge in [-0.05, 0) is 18.2 Å². The third-order valence-electron chi connectivity index (χ3n) is 3.37. The fourth-order valence-corrected chi connectivity index (χ4v) is 2.19. The van der Waals surface area contributed by atoms with Crippen LogP contribution in [0.15, 0.2) is 47.3 Å². The van der Waals surface area contributed by atoms with Crippen molar-refractivity contribution in [3.05, 3.63) is 62.9 Å². The summed E-state index contributed by atoms with van der Waals surface area (Å²) in [4.78, 5) is 26.5. The molecule has 9 nitrogen and oxygen atoms in total. The molecule has 1 heterocycles. The molecule has 2 N–H and O–H groups in total. The molecule has 0 aliphatic heterocycles. The van der Waals surface area contributed by atoms with Crippen molar-refractivity contribution in [2.75, 3.05) is 12.4 Å². The summed E-state index contributed by atoms with van der Waals surface area (Å²) in [6, 6.07) is 10.5. The number of nitrogens with zero attached hydrogens (tertiary/aromatic N) is 3. The smallest absolute Gasteiger partial charge is 0.295 e. The number of anilines is 2. The first kappa shape index (κ1) is 15.3. The van der Waals surface area contributed by atoms with Crippen LogP contribution in [-0.4, -0.2) is 27.0 Å². The summed E-state index contributed by atoms with van der Waals surface area (Å²) in [5.41, 5.74) is -0.296.